The molecule has 1 rings (SSSR count). The molecule has 64 valence electrons. The highest BCUT2D eigenvalue weighted by molar-refractivity contribution is 5.06. The zero-order valence-electron chi connectivity index (χ0n) is 7.39. The Morgan fingerprint density at radius 1 is 1.64 bits per heavy atom. The highest BCUT2D eigenvalue weighted by Gasteiger charge is 2.14. The third-order valence-corrected chi connectivity index (χ3v) is 1.93. The van der Waals surface area contributed by atoms with Crippen LogP contribution in [0.25, 0.3) is 0 Å². The maximum absolute atomic E-state index is 5.46. The van der Waals surface area contributed by atoms with Crippen LogP contribution in [0.3, 0.4) is 0 Å². The van der Waals surface area contributed by atoms with Crippen LogP contribution in [0.2, 0.25) is 0 Å². The molecule has 1 aliphatic heterocycles. The molecule has 0 aromatic carbocycles. The maximum atomic E-state index is 5.46. The van der Waals surface area contributed by atoms with Crippen molar-refractivity contribution in [2.45, 2.75) is 32.7 Å². The summed E-state index contributed by atoms with van der Waals surface area (Å²) in [5.74, 6) is 1.15. The fourth-order valence-electron chi connectivity index (χ4n) is 1.37. The second-order valence-electron chi connectivity index (χ2n) is 2.76. The van der Waals surface area contributed by atoms with E-state index in [-0.39, 0.29) is 0 Å². The average Bonchev–Trinajstić information content (AvgIpc) is 2.52. The minimum absolute atomic E-state index is 0.447. The van der Waals surface area contributed by atoms with Gasteiger partial charge in [0.15, 0.2) is 0 Å². The van der Waals surface area contributed by atoms with Gasteiger partial charge in [0.25, 0.3) is 0 Å². The van der Waals surface area contributed by atoms with Crippen molar-refractivity contribution in [1.29, 1.82) is 0 Å². The normalized spacial score (nSPS) is 19.3. The molecule has 11 heavy (non-hydrogen) atoms. The standard InChI is InChI=1S/C9H17NO/c1-3-8(10-4-2)9-6-5-7-11-9/h6,8,10H,3-5,7H2,1-2H3. The zero-order chi connectivity index (χ0) is 8.10. The van der Waals surface area contributed by atoms with Crippen molar-refractivity contribution in [2.75, 3.05) is 13.2 Å². The molecule has 0 amide bonds. The van der Waals surface area contributed by atoms with E-state index in [9.17, 15) is 0 Å². The average molecular weight is 155 g/mol. The van der Waals surface area contributed by atoms with Crippen LogP contribution in [-0.2, 0) is 4.74 Å². The van der Waals surface area contributed by atoms with Crippen molar-refractivity contribution >= 4 is 0 Å². The van der Waals surface area contributed by atoms with Crippen LogP contribution in [0.5, 0.6) is 0 Å². The first-order valence-electron chi connectivity index (χ1n) is 4.44. The van der Waals surface area contributed by atoms with Gasteiger partial charge < -0.3 is 10.1 Å². The van der Waals surface area contributed by atoms with Gasteiger partial charge in [-0.2, -0.15) is 0 Å². The SMILES string of the molecule is CCNC(CC)C1=CCCO1. The Balaban J connectivity index is 2.40. The summed E-state index contributed by atoms with van der Waals surface area (Å²) in [6.45, 7) is 6.18. The van der Waals surface area contributed by atoms with Gasteiger partial charge in [-0.15, -0.1) is 0 Å². The van der Waals surface area contributed by atoms with Crippen molar-refractivity contribution in [3.05, 3.63) is 11.8 Å². The summed E-state index contributed by atoms with van der Waals surface area (Å²) in [5, 5.41) is 3.38. The first-order chi connectivity index (χ1) is 5.38. The largest absolute Gasteiger partial charge is 0.496 e. The first-order valence-corrected chi connectivity index (χ1v) is 4.44. The molecule has 1 heterocycles. The Bertz CT molecular complexity index is 142. The van der Waals surface area contributed by atoms with E-state index in [4.69, 9.17) is 4.74 Å². The molecule has 0 aliphatic carbocycles. The van der Waals surface area contributed by atoms with E-state index in [2.05, 4.69) is 25.2 Å². The van der Waals surface area contributed by atoms with E-state index >= 15 is 0 Å². The second kappa shape index (κ2) is 4.39. The predicted molar refractivity (Wildman–Crippen MR) is 46.4 cm³/mol. The van der Waals surface area contributed by atoms with E-state index < -0.39 is 0 Å². The number of likely N-dealkylation sites (N-methyl/N-ethyl adjacent to an activating group) is 1. The highest BCUT2D eigenvalue weighted by Crippen LogP contribution is 2.15. The van der Waals surface area contributed by atoms with Gasteiger partial charge >= 0.3 is 0 Å². The van der Waals surface area contributed by atoms with Gasteiger partial charge in [0.2, 0.25) is 0 Å². The molecule has 1 atom stereocenters. The number of rotatable bonds is 4. The predicted octanol–water partition coefficient (Wildman–Crippen LogP) is 1.68. The number of nitrogens with one attached hydrogen (secondary N) is 1. The minimum Gasteiger partial charge on any atom is -0.496 e. The number of hydrogen-bond acceptors (Lipinski definition) is 2. The van der Waals surface area contributed by atoms with Gasteiger partial charge in [0.1, 0.15) is 5.76 Å². The topological polar surface area (TPSA) is 21.3 Å². The molecule has 0 fully saturated rings. The lowest BCUT2D eigenvalue weighted by Crippen LogP contribution is -2.30. The molecule has 0 saturated heterocycles. The van der Waals surface area contributed by atoms with Crippen LogP contribution < -0.4 is 5.32 Å². The van der Waals surface area contributed by atoms with E-state index in [0.717, 1.165) is 31.8 Å². The van der Waals surface area contributed by atoms with E-state index in [0.29, 0.717) is 6.04 Å². The van der Waals surface area contributed by atoms with Gasteiger partial charge in [-0.25, -0.2) is 0 Å². The van der Waals surface area contributed by atoms with E-state index in [1.165, 1.54) is 0 Å². The van der Waals surface area contributed by atoms with Crippen LogP contribution >= 0.6 is 0 Å². The fraction of sp³-hybridized carbons (Fsp3) is 0.778. The molecule has 0 saturated carbocycles. The highest BCUT2D eigenvalue weighted by atomic mass is 16.5. The van der Waals surface area contributed by atoms with Crippen LogP contribution in [0.1, 0.15) is 26.7 Å². The van der Waals surface area contributed by atoms with Crippen molar-refractivity contribution in [2.24, 2.45) is 0 Å². The van der Waals surface area contributed by atoms with Crippen LogP contribution in [-0.4, -0.2) is 19.2 Å². The summed E-state index contributed by atoms with van der Waals surface area (Å²) in [6, 6.07) is 0.447. The van der Waals surface area contributed by atoms with Crippen molar-refractivity contribution < 1.29 is 4.74 Å². The smallest absolute Gasteiger partial charge is 0.109 e. The molecule has 1 aliphatic rings. The first kappa shape index (κ1) is 8.60. The Kier molecular flexibility index (Phi) is 3.43. The summed E-state index contributed by atoms with van der Waals surface area (Å²) in [7, 11) is 0. The molecule has 1 N–H and O–H groups in total. The molecule has 0 aromatic rings. The molecule has 0 aromatic heterocycles. The van der Waals surface area contributed by atoms with E-state index in [1.807, 2.05) is 0 Å². The Labute approximate surface area is 68.6 Å². The quantitative estimate of drug-likeness (QED) is 0.667. The van der Waals surface area contributed by atoms with Crippen molar-refractivity contribution in [3.8, 4) is 0 Å². The summed E-state index contributed by atoms with van der Waals surface area (Å²) in [4.78, 5) is 0. The lowest BCUT2D eigenvalue weighted by atomic mass is 10.2. The lowest BCUT2D eigenvalue weighted by Gasteiger charge is -2.16. The summed E-state index contributed by atoms with van der Waals surface area (Å²) in [6.07, 6.45) is 4.38. The fourth-order valence-corrected chi connectivity index (χ4v) is 1.37. The van der Waals surface area contributed by atoms with Crippen molar-refractivity contribution in [1.82, 2.24) is 5.32 Å². The lowest BCUT2D eigenvalue weighted by molar-refractivity contribution is 0.214. The molecule has 2 heteroatoms. The molecule has 0 bridgehead atoms. The number of ether oxygens (including phenoxy) is 1. The van der Waals surface area contributed by atoms with Gasteiger partial charge in [-0.05, 0) is 19.0 Å². The Morgan fingerprint density at radius 2 is 2.45 bits per heavy atom. The third-order valence-electron chi connectivity index (χ3n) is 1.93. The van der Waals surface area contributed by atoms with Crippen LogP contribution in [0.15, 0.2) is 11.8 Å². The summed E-state index contributed by atoms with van der Waals surface area (Å²) >= 11 is 0. The Hall–Kier alpha value is -0.500. The summed E-state index contributed by atoms with van der Waals surface area (Å²) < 4.78 is 5.46. The molecular weight excluding hydrogens is 138 g/mol. The van der Waals surface area contributed by atoms with Crippen molar-refractivity contribution in [3.63, 3.8) is 0 Å². The zero-order valence-corrected chi connectivity index (χ0v) is 7.39. The molecule has 0 spiro atoms. The summed E-state index contributed by atoms with van der Waals surface area (Å²) in [5.41, 5.74) is 0. The molecule has 1 unspecified atom stereocenters. The molecule has 2 nitrogen and oxygen atoms in total. The van der Waals surface area contributed by atoms with Gasteiger partial charge in [-0.3, -0.25) is 0 Å². The number of hydrogen-bond donors (Lipinski definition) is 1. The van der Waals surface area contributed by atoms with Crippen LogP contribution in [0, 0.1) is 0 Å². The van der Waals surface area contributed by atoms with Gasteiger partial charge in [0.05, 0.1) is 12.6 Å². The maximum Gasteiger partial charge on any atom is 0.109 e. The Morgan fingerprint density at radius 3 is 2.91 bits per heavy atom. The third kappa shape index (κ3) is 2.22. The minimum atomic E-state index is 0.447. The molecule has 0 radical (unpaired) electrons. The van der Waals surface area contributed by atoms with Gasteiger partial charge in [0, 0.05) is 6.42 Å². The molecular formula is C9H17NO. The monoisotopic (exact) mass is 155 g/mol. The second-order valence-corrected chi connectivity index (χ2v) is 2.76. The van der Waals surface area contributed by atoms with Gasteiger partial charge in [-0.1, -0.05) is 13.8 Å². The van der Waals surface area contributed by atoms with Crippen LogP contribution in [0.4, 0.5) is 0 Å². The van der Waals surface area contributed by atoms with E-state index in [1.54, 1.807) is 0 Å².